The van der Waals surface area contributed by atoms with Crippen molar-refractivity contribution in [2.24, 2.45) is 16.3 Å². The first-order valence-electron chi connectivity index (χ1n) is 7.18. The van der Waals surface area contributed by atoms with Gasteiger partial charge in [0, 0.05) is 26.4 Å². The number of guanidine groups is 1. The lowest BCUT2D eigenvalue weighted by molar-refractivity contribution is 0.348. The van der Waals surface area contributed by atoms with Gasteiger partial charge in [0.05, 0.1) is 5.75 Å². The molecule has 0 spiro atoms. The van der Waals surface area contributed by atoms with Crippen LogP contribution in [0.25, 0.3) is 0 Å². The van der Waals surface area contributed by atoms with Crippen LogP contribution >= 0.6 is 0 Å². The molecule has 0 bridgehead atoms. The van der Waals surface area contributed by atoms with Gasteiger partial charge in [-0.2, -0.15) is 0 Å². The van der Waals surface area contributed by atoms with Crippen molar-refractivity contribution in [3.8, 4) is 0 Å². The zero-order chi connectivity index (χ0) is 15.8. The fraction of sp³-hybridized carbons (Fsp3) is 0.929. The van der Waals surface area contributed by atoms with Crippen LogP contribution < -0.4 is 10.6 Å². The quantitative estimate of drug-likeness (QED) is 0.528. The minimum atomic E-state index is -2.90. The highest BCUT2D eigenvalue weighted by Crippen LogP contribution is 2.19. The normalized spacial score (nSPS) is 13.7. The van der Waals surface area contributed by atoms with E-state index in [-0.39, 0.29) is 11.2 Å². The Morgan fingerprint density at radius 2 is 1.85 bits per heavy atom. The first-order chi connectivity index (χ1) is 9.06. The molecule has 0 atom stereocenters. The molecular formula is C14H31N3O2S. The highest BCUT2D eigenvalue weighted by atomic mass is 32.2. The Morgan fingerprint density at radius 3 is 2.30 bits per heavy atom. The van der Waals surface area contributed by atoms with Crippen LogP contribution in [0.2, 0.25) is 0 Å². The first-order valence-corrected chi connectivity index (χ1v) is 9.24. The van der Waals surface area contributed by atoms with E-state index in [4.69, 9.17) is 0 Å². The van der Waals surface area contributed by atoms with Gasteiger partial charge in [0.1, 0.15) is 9.84 Å². The van der Waals surface area contributed by atoms with E-state index >= 15 is 0 Å². The van der Waals surface area contributed by atoms with E-state index in [0.29, 0.717) is 18.9 Å². The monoisotopic (exact) mass is 305 g/mol. The number of nitrogens with one attached hydrogen (secondary N) is 2. The lowest BCUT2D eigenvalue weighted by atomic mass is 9.90. The van der Waals surface area contributed by atoms with Crippen molar-refractivity contribution in [1.82, 2.24) is 10.6 Å². The van der Waals surface area contributed by atoms with E-state index in [9.17, 15) is 8.42 Å². The van der Waals surface area contributed by atoms with Crippen LogP contribution in [-0.2, 0) is 9.84 Å². The molecule has 0 unspecified atom stereocenters. The molecule has 20 heavy (non-hydrogen) atoms. The topological polar surface area (TPSA) is 70.6 Å². The molecule has 0 saturated carbocycles. The molecule has 0 aliphatic heterocycles. The van der Waals surface area contributed by atoms with Gasteiger partial charge in [0.2, 0.25) is 0 Å². The Kier molecular flexibility index (Phi) is 8.16. The van der Waals surface area contributed by atoms with Crippen molar-refractivity contribution in [2.45, 2.75) is 40.5 Å². The fourth-order valence-corrected chi connectivity index (χ4v) is 2.50. The molecule has 0 fully saturated rings. The zero-order valence-electron chi connectivity index (χ0n) is 13.8. The van der Waals surface area contributed by atoms with Crippen LogP contribution in [0.1, 0.15) is 40.5 Å². The van der Waals surface area contributed by atoms with Crippen LogP contribution in [-0.4, -0.2) is 46.5 Å². The van der Waals surface area contributed by atoms with E-state index in [1.165, 1.54) is 6.26 Å². The van der Waals surface area contributed by atoms with Crippen molar-refractivity contribution >= 4 is 15.8 Å². The van der Waals surface area contributed by atoms with Gasteiger partial charge in [-0.05, 0) is 24.2 Å². The molecule has 0 aliphatic rings. The van der Waals surface area contributed by atoms with Crippen LogP contribution in [0, 0.1) is 11.3 Å². The Labute approximate surface area is 124 Å². The van der Waals surface area contributed by atoms with Gasteiger partial charge < -0.3 is 10.6 Å². The Balaban J connectivity index is 4.15. The molecule has 5 nitrogen and oxygen atoms in total. The van der Waals surface area contributed by atoms with Crippen molar-refractivity contribution in [2.75, 3.05) is 32.1 Å². The maximum Gasteiger partial charge on any atom is 0.190 e. The molecule has 0 aromatic carbocycles. The van der Waals surface area contributed by atoms with Gasteiger partial charge in [-0.3, -0.25) is 4.99 Å². The third kappa shape index (κ3) is 11.1. The second-order valence-electron chi connectivity index (χ2n) is 6.58. The summed E-state index contributed by atoms with van der Waals surface area (Å²) in [5.74, 6) is 1.66. The average Bonchev–Trinajstić information content (AvgIpc) is 2.30. The summed E-state index contributed by atoms with van der Waals surface area (Å²) < 4.78 is 22.4. The molecule has 0 heterocycles. The van der Waals surface area contributed by atoms with Crippen LogP contribution in [0.3, 0.4) is 0 Å². The van der Waals surface area contributed by atoms with Crippen LogP contribution in [0.15, 0.2) is 4.99 Å². The summed E-state index contributed by atoms with van der Waals surface area (Å²) in [5, 5.41) is 6.53. The lowest BCUT2D eigenvalue weighted by Gasteiger charge is -2.26. The molecular weight excluding hydrogens is 274 g/mol. The van der Waals surface area contributed by atoms with E-state index < -0.39 is 9.84 Å². The third-order valence-corrected chi connectivity index (χ3v) is 4.07. The Bertz CT molecular complexity index is 401. The largest absolute Gasteiger partial charge is 0.356 e. The predicted octanol–water partition coefficient (Wildman–Crippen LogP) is 1.66. The minimum Gasteiger partial charge on any atom is -0.356 e. The molecule has 6 heteroatoms. The summed E-state index contributed by atoms with van der Waals surface area (Å²) in [6.45, 7) is 10.1. The van der Waals surface area contributed by atoms with E-state index in [2.05, 4.69) is 43.3 Å². The standard InChI is InChI=1S/C14H31N3O2S/c1-12(2)7-9-16-13(15-5)17-11-14(3,4)8-10-20(6,18)19/h12H,7-11H2,1-6H3,(H2,15,16,17). The van der Waals surface area contributed by atoms with Crippen LogP contribution in [0.5, 0.6) is 0 Å². The number of aliphatic imine (C=N–C) groups is 1. The third-order valence-electron chi connectivity index (χ3n) is 3.12. The molecule has 0 saturated heterocycles. The second-order valence-corrected chi connectivity index (χ2v) is 8.84. The van der Waals surface area contributed by atoms with Crippen molar-refractivity contribution in [1.29, 1.82) is 0 Å². The van der Waals surface area contributed by atoms with Gasteiger partial charge in [-0.1, -0.05) is 27.7 Å². The van der Waals surface area contributed by atoms with Crippen LogP contribution in [0.4, 0.5) is 0 Å². The number of sulfone groups is 1. The van der Waals surface area contributed by atoms with Crippen molar-refractivity contribution in [3.63, 3.8) is 0 Å². The molecule has 120 valence electrons. The second kappa shape index (κ2) is 8.49. The van der Waals surface area contributed by atoms with Crippen molar-refractivity contribution < 1.29 is 8.42 Å². The summed E-state index contributed by atoms with van der Waals surface area (Å²) in [6, 6.07) is 0. The van der Waals surface area contributed by atoms with E-state index in [1.807, 2.05) is 0 Å². The maximum atomic E-state index is 11.2. The zero-order valence-corrected chi connectivity index (χ0v) is 14.6. The molecule has 0 aliphatic carbocycles. The average molecular weight is 305 g/mol. The van der Waals surface area contributed by atoms with Gasteiger partial charge in [0.15, 0.2) is 5.96 Å². The molecule has 0 aromatic rings. The molecule has 0 amide bonds. The maximum absolute atomic E-state index is 11.2. The SMILES string of the molecule is CN=C(NCCC(C)C)NCC(C)(C)CCS(C)(=O)=O. The number of hydrogen-bond donors (Lipinski definition) is 2. The lowest BCUT2D eigenvalue weighted by Crippen LogP contribution is -2.42. The highest BCUT2D eigenvalue weighted by Gasteiger charge is 2.20. The Hall–Kier alpha value is -0.780. The first kappa shape index (κ1) is 19.2. The van der Waals surface area contributed by atoms with Gasteiger partial charge >= 0.3 is 0 Å². The van der Waals surface area contributed by atoms with E-state index in [1.54, 1.807) is 7.05 Å². The predicted molar refractivity (Wildman–Crippen MR) is 86.9 cm³/mol. The molecule has 2 N–H and O–H groups in total. The number of rotatable bonds is 8. The Morgan fingerprint density at radius 1 is 1.25 bits per heavy atom. The van der Waals surface area contributed by atoms with Gasteiger partial charge in [-0.15, -0.1) is 0 Å². The number of hydrogen-bond acceptors (Lipinski definition) is 3. The smallest absolute Gasteiger partial charge is 0.190 e. The summed E-state index contributed by atoms with van der Waals surface area (Å²) >= 11 is 0. The fourth-order valence-electron chi connectivity index (χ4n) is 1.57. The summed E-state index contributed by atoms with van der Waals surface area (Å²) in [6.07, 6.45) is 3.02. The minimum absolute atomic E-state index is 0.0846. The van der Waals surface area contributed by atoms with E-state index in [0.717, 1.165) is 18.9 Å². The molecule has 0 rings (SSSR count). The summed E-state index contributed by atoms with van der Waals surface area (Å²) in [7, 11) is -1.15. The summed E-state index contributed by atoms with van der Waals surface area (Å²) in [5.41, 5.74) is -0.0846. The number of nitrogens with zero attached hydrogens (tertiary/aromatic N) is 1. The van der Waals surface area contributed by atoms with Gasteiger partial charge in [0.25, 0.3) is 0 Å². The molecule has 0 aromatic heterocycles. The summed E-state index contributed by atoms with van der Waals surface area (Å²) in [4.78, 5) is 4.17. The highest BCUT2D eigenvalue weighted by molar-refractivity contribution is 7.90. The van der Waals surface area contributed by atoms with Gasteiger partial charge in [-0.25, -0.2) is 8.42 Å². The van der Waals surface area contributed by atoms with Crippen molar-refractivity contribution in [3.05, 3.63) is 0 Å². The molecule has 0 radical (unpaired) electrons.